The van der Waals surface area contributed by atoms with E-state index in [1.807, 2.05) is 18.2 Å². The second-order valence-corrected chi connectivity index (χ2v) is 5.78. The zero-order chi connectivity index (χ0) is 17.6. The first-order valence-electron chi connectivity index (χ1n) is 8.14. The number of hydrogen-bond acceptors (Lipinski definition) is 3. The molecule has 0 bridgehead atoms. The lowest BCUT2D eigenvalue weighted by Gasteiger charge is -2.34. The fourth-order valence-electron chi connectivity index (χ4n) is 2.69. The second-order valence-electron chi connectivity index (χ2n) is 5.78. The maximum Gasteiger partial charge on any atom is 0.260 e. The summed E-state index contributed by atoms with van der Waals surface area (Å²) in [6.45, 7) is 1.81. The van der Waals surface area contributed by atoms with Crippen LogP contribution in [0.25, 0.3) is 0 Å². The number of carbonyl (C=O) groups is 2. The predicted molar refractivity (Wildman–Crippen MR) is 98.1 cm³/mol. The fourth-order valence-corrected chi connectivity index (χ4v) is 2.69. The predicted octanol–water partition coefficient (Wildman–Crippen LogP) is 2.61. The molecule has 1 heterocycles. The van der Waals surface area contributed by atoms with E-state index in [9.17, 15) is 14.0 Å². The van der Waals surface area contributed by atoms with Gasteiger partial charge in [-0.25, -0.2) is 4.39 Å². The summed E-state index contributed by atoms with van der Waals surface area (Å²) in [5.74, 6) is 0.0386. The number of piperazine rings is 1. The van der Waals surface area contributed by atoms with Gasteiger partial charge in [-0.2, -0.15) is 0 Å². The normalized spacial score (nSPS) is 13.7. The van der Waals surface area contributed by atoms with Crippen LogP contribution in [0.2, 0.25) is 0 Å². The van der Waals surface area contributed by atoms with Gasteiger partial charge in [0.2, 0.25) is 0 Å². The SMILES string of the molecule is Cl.O=C(COc1ccccc1)N1CCN(C(=O)c2ccc(F)cc2)CC1. The molecule has 0 aliphatic carbocycles. The van der Waals surface area contributed by atoms with Gasteiger partial charge >= 0.3 is 0 Å². The maximum absolute atomic E-state index is 12.9. The Balaban J connectivity index is 0.00000243. The van der Waals surface area contributed by atoms with Gasteiger partial charge in [-0.3, -0.25) is 9.59 Å². The molecule has 1 saturated heterocycles. The van der Waals surface area contributed by atoms with Crippen molar-refractivity contribution in [2.45, 2.75) is 0 Å². The van der Waals surface area contributed by atoms with E-state index in [4.69, 9.17) is 4.74 Å². The molecule has 3 rings (SSSR count). The molecular weight excluding hydrogens is 359 g/mol. The van der Waals surface area contributed by atoms with Crippen molar-refractivity contribution in [3.05, 3.63) is 66.0 Å². The van der Waals surface area contributed by atoms with Crippen LogP contribution in [0.15, 0.2) is 54.6 Å². The molecule has 0 atom stereocenters. The summed E-state index contributed by atoms with van der Waals surface area (Å²) in [5, 5.41) is 0. The first kappa shape index (κ1) is 19.7. The Morgan fingerprint density at radius 1 is 0.885 bits per heavy atom. The summed E-state index contributed by atoms with van der Waals surface area (Å²) in [4.78, 5) is 28.0. The van der Waals surface area contributed by atoms with Crippen LogP contribution in [0, 0.1) is 5.82 Å². The van der Waals surface area contributed by atoms with E-state index in [2.05, 4.69) is 0 Å². The minimum absolute atomic E-state index is 0. The van der Waals surface area contributed by atoms with Crippen LogP contribution in [-0.4, -0.2) is 54.4 Å². The first-order valence-corrected chi connectivity index (χ1v) is 8.14. The molecule has 7 heteroatoms. The van der Waals surface area contributed by atoms with Crippen molar-refractivity contribution in [3.63, 3.8) is 0 Å². The fraction of sp³-hybridized carbons (Fsp3) is 0.263. The average molecular weight is 379 g/mol. The number of para-hydroxylation sites is 1. The molecule has 0 saturated carbocycles. The van der Waals surface area contributed by atoms with Crippen LogP contribution >= 0.6 is 12.4 Å². The zero-order valence-electron chi connectivity index (χ0n) is 14.1. The van der Waals surface area contributed by atoms with Crippen molar-refractivity contribution < 1.29 is 18.7 Å². The summed E-state index contributed by atoms with van der Waals surface area (Å²) >= 11 is 0. The van der Waals surface area contributed by atoms with Gasteiger partial charge in [0.1, 0.15) is 11.6 Å². The van der Waals surface area contributed by atoms with Gasteiger partial charge < -0.3 is 14.5 Å². The van der Waals surface area contributed by atoms with Crippen LogP contribution in [0.3, 0.4) is 0 Å². The Bertz CT molecular complexity index is 732. The summed E-state index contributed by atoms with van der Waals surface area (Å²) in [6, 6.07) is 14.7. The van der Waals surface area contributed by atoms with E-state index in [1.165, 1.54) is 24.3 Å². The van der Waals surface area contributed by atoms with E-state index in [0.29, 0.717) is 37.5 Å². The molecule has 2 aromatic rings. The van der Waals surface area contributed by atoms with Gasteiger partial charge in [-0.15, -0.1) is 12.4 Å². The molecule has 2 amide bonds. The molecule has 0 aromatic heterocycles. The van der Waals surface area contributed by atoms with Crippen molar-refractivity contribution in [3.8, 4) is 5.75 Å². The number of rotatable bonds is 4. The number of amides is 2. The quantitative estimate of drug-likeness (QED) is 0.821. The Morgan fingerprint density at radius 3 is 2.08 bits per heavy atom. The van der Waals surface area contributed by atoms with Crippen LogP contribution in [0.4, 0.5) is 4.39 Å². The van der Waals surface area contributed by atoms with Crippen LogP contribution in [0.5, 0.6) is 5.75 Å². The molecule has 5 nitrogen and oxygen atoms in total. The van der Waals surface area contributed by atoms with E-state index in [1.54, 1.807) is 21.9 Å². The molecule has 1 aliphatic heterocycles. The third-order valence-electron chi connectivity index (χ3n) is 4.12. The average Bonchev–Trinajstić information content (AvgIpc) is 2.67. The third kappa shape index (κ3) is 4.95. The first-order chi connectivity index (χ1) is 12.1. The number of nitrogens with zero attached hydrogens (tertiary/aromatic N) is 2. The van der Waals surface area contributed by atoms with E-state index in [0.717, 1.165) is 0 Å². The van der Waals surface area contributed by atoms with Gasteiger partial charge in [0, 0.05) is 31.7 Å². The molecular formula is C19H20ClFN2O3. The molecule has 0 N–H and O–H groups in total. The highest BCUT2D eigenvalue weighted by Gasteiger charge is 2.25. The zero-order valence-corrected chi connectivity index (χ0v) is 15.0. The lowest BCUT2D eigenvalue weighted by Crippen LogP contribution is -2.51. The van der Waals surface area contributed by atoms with Crippen LogP contribution in [0.1, 0.15) is 10.4 Å². The molecule has 138 valence electrons. The van der Waals surface area contributed by atoms with Gasteiger partial charge in [0.15, 0.2) is 6.61 Å². The second kappa shape index (κ2) is 9.20. The molecule has 26 heavy (non-hydrogen) atoms. The van der Waals surface area contributed by atoms with Crippen molar-refractivity contribution in [2.75, 3.05) is 32.8 Å². The molecule has 0 radical (unpaired) electrons. The highest BCUT2D eigenvalue weighted by molar-refractivity contribution is 5.94. The Labute approximate surface area is 157 Å². The molecule has 0 spiro atoms. The lowest BCUT2D eigenvalue weighted by molar-refractivity contribution is -0.134. The standard InChI is InChI=1S/C19H19FN2O3.ClH/c20-16-8-6-15(7-9-16)19(24)22-12-10-21(11-13-22)18(23)14-25-17-4-2-1-3-5-17;/h1-9H,10-14H2;1H. The molecule has 1 aliphatic rings. The van der Waals surface area contributed by atoms with Crippen LogP contribution in [-0.2, 0) is 4.79 Å². The number of ether oxygens (including phenoxy) is 1. The summed E-state index contributed by atoms with van der Waals surface area (Å²) in [6.07, 6.45) is 0. The smallest absolute Gasteiger partial charge is 0.260 e. The van der Waals surface area contributed by atoms with E-state index < -0.39 is 0 Å². The maximum atomic E-state index is 12.9. The summed E-state index contributed by atoms with van der Waals surface area (Å²) in [7, 11) is 0. The minimum atomic E-state index is -0.370. The van der Waals surface area contributed by atoms with Crippen molar-refractivity contribution in [1.82, 2.24) is 9.80 Å². The Hall–Kier alpha value is -2.60. The van der Waals surface area contributed by atoms with Crippen molar-refractivity contribution in [1.29, 1.82) is 0 Å². The van der Waals surface area contributed by atoms with E-state index >= 15 is 0 Å². The summed E-state index contributed by atoms with van der Waals surface area (Å²) < 4.78 is 18.4. The van der Waals surface area contributed by atoms with Gasteiger partial charge in [0.25, 0.3) is 11.8 Å². The third-order valence-corrected chi connectivity index (χ3v) is 4.12. The Morgan fingerprint density at radius 2 is 1.46 bits per heavy atom. The van der Waals surface area contributed by atoms with Gasteiger partial charge in [-0.1, -0.05) is 18.2 Å². The topological polar surface area (TPSA) is 49.9 Å². The molecule has 1 fully saturated rings. The number of halogens is 2. The molecule has 2 aromatic carbocycles. The largest absolute Gasteiger partial charge is 0.484 e. The number of benzene rings is 2. The minimum Gasteiger partial charge on any atom is -0.484 e. The van der Waals surface area contributed by atoms with Crippen molar-refractivity contribution >= 4 is 24.2 Å². The van der Waals surface area contributed by atoms with Gasteiger partial charge in [-0.05, 0) is 36.4 Å². The number of hydrogen-bond donors (Lipinski definition) is 0. The Kier molecular flexibility index (Phi) is 6.97. The molecule has 0 unspecified atom stereocenters. The van der Waals surface area contributed by atoms with E-state index in [-0.39, 0.29) is 36.6 Å². The summed E-state index contributed by atoms with van der Waals surface area (Å²) in [5.41, 5.74) is 0.452. The van der Waals surface area contributed by atoms with Crippen LogP contribution < -0.4 is 4.74 Å². The lowest BCUT2D eigenvalue weighted by atomic mass is 10.2. The number of carbonyl (C=O) groups excluding carboxylic acids is 2. The van der Waals surface area contributed by atoms with Crippen molar-refractivity contribution in [2.24, 2.45) is 0 Å². The highest BCUT2D eigenvalue weighted by Crippen LogP contribution is 2.11. The highest BCUT2D eigenvalue weighted by atomic mass is 35.5. The van der Waals surface area contributed by atoms with Gasteiger partial charge in [0.05, 0.1) is 0 Å². The monoisotopic (exact) mass is 378 g/mol.